The van der Waals surface area contributed by atoms with Crippen LogP contribution in [0.4, 0.5) is 23.7 Å². The lowest BCUT2D eigenvalue weighted by Gasteiger charge is -2.19. The highest BCUT2D eigenvalue weighted by Gasteiger charge is 2.28. The van der Waals surface area contributed by atoms with Crippen molar-refractivity contribution in [2.75, 3.05) is 4.90 Å². The number of imide groups is 1. The fourth-order valence-corrected chi connectivity index (χ4v) is 1.90. The summed E-state index contributed by atoms with van der Waals surface area (Å²) in [4.78, 5) is 23.9. The van der Waals surface area contributed by atoms with Crippen LogP contribution in [0.25, 0.3) is 0 Å². The molecule has 0 atom stereocenters. The van der Waals surface area contributed by atoms with Gasteiger partial charge in [-0.1, -0.05) is 17.7 Å². The monoisotopic (exact) mass is 328 g/mol. The molecule has 2 N–H and O–H groups in total. The maximum atomic E-state index is 13.6. The predicted molar refractivity (Wildman–Crippen MR) is 74.2 cm³/mol. The van der Waals surface area contributed by atoms with Gasteiger partial charge in [0.25, 0.3) is 5.91 Å². The maximum absolute atomic E-state index is 13.6. The van der Waals surface area contributed by atoms with Crippen molar-refractivity contribution in [2.45, 2.75) is 0 Å². The molecule has 0 aromatic heterocycles. The highest BCUT2D eigenvalue weighted by atomic mass is 35.5. The Labute approximate surface area is 127 Å². The summed E-state index contributed by atoms with van der Waals surface area (Å²) in [7, 11) is 0. The zero-order chi connectivity index (χ0) is 16.4. The average molecular weight is 329 g/mol. The van der Waals surface area contributed by atoms with Crippen molar-refractivity contribution in [1.82, 2.24) is 0 Å². The molecule has 2 aromatic carbocycles. The first kappa shape index (κ1) is 15.8. The number of carbonyl (C=O) groups excluding carboxylic acids is 2. The molecule has 0 aliphatic carbocycles. The van der Waals surface area contributed by atoms with E-state index in [1.165, 1.54) is 0 Å². The third-order valence-corrected chi connectivity index (χ3v) is 3.07. The lowest BCUT2D eigenvalue weighted by molar-refractivity contribution is 0.0987. The second-order valence-electron chi connectivity index (χ2n) is 4.17. The number of hydrogen-bond donors (Lipinski definition) is 1. The van der Waals surface area contributed by atoms with E-state index in [2.05, 4.69) is 0 Å². The summed E-state index contributed by atoms with van der Waals surface area (Å²) in [6.45, 7) is 0. The molecule has 0 spiro atoms. The van der Waals surface area contributed by atoms with E-state index in [0.29, 0.717) is 0 Å². The van der Waals surface area contributed by atoms with Crippen LogP contribution in [0.5, 0.6) is 0 Å². The number of nitrogens with zero attached hydrogens (tertiary/aromatic N) is 1. The largest absolute Gasteiger partial charge is 0.351 e. The Morgan fingerprint density at radius 1 is 1.00 bits per heavy atom. The van der Waals surface area contributed by atoms with Crippen molar-refractivity contribution in [3.8, 4) is 0 Å². The van der Waals surface area contributed by atoms with Gasteiger partial charge in [0, 0.05) is 0 Å². The Morgan fingerprint density at radius 2 is 1.59 bits per heavy atom. The van der Waals surface area contributed by atoms with Gasteiger partial charge in [0.05, 0.1) is 10.7 Å². The third-order valence-electron chi connectivity index (χ3n) is 2.76. The van der Waals surface area contributed by atoms with Gasteiger partial charge in [0.15, 0.2) is 0 Å². The number of primary amides is 1. The molecule has 0 saturated heterocycles. The van der Waals surface area contributed by atoms with E-state index in [1.807, 2.05) is 0 Å². The van der Waals surface area contributed by atoms with Gasteiger partial charge < -0.3 is 5.73 Å². The van der Waals surface area contributed by atoms with Crippen LogP contribution in [0.2, 0.25) is 5.02 Å². The summed E-state index contributed by atoms with van der Waals surface area (Å²) >= 11 is 5.50. The van der Waals surface area contributed by atoms with Crippen molar-refractivity contribution >= 4 is 29.2 Å². The Kier molecular flexibility index (Phi) is 4.37. The molecule has 114 valence electrons. The first-order valence-corrected chi connectivity index (χ1v) is 6.23. The molecule has 22 heavy (non-hydrogen) atoms. The van der Waals surface area contributed by atoms with Gasteiger partial charge in [0.2, 0.25) is 0 Å². The van der Waals surface area contributed by atoms with Crippen molar-refractivity contribution in [2.24, 2.45) is 5.73 Å². The molecule has 3 amide bonds. The van der Waals surface area contributed by atoms with Crippen molar-refractivity contribution in [3.63, 3.8) is 0 Å². The Morgan fingerprint density at radius 3 is 2.09 bits per heavy atom. The minimum atomic E-state index is -1.36. The quantitative estimate of drug-likeness (QED) is 0.917. The summed E-state index contributed by atoms with van der Waals surface area (Å²) in [5, 5.41) is -0.252. The molecule has 0 fully saturated rings. The van der Waals surface area contributed by atoms with Crippen LogP contribution in [0, 0.1) is 17.5 Å². The molecule has 0 aliphatic rings. The summed E-state index contributed by atoms with van der Waals surface area (Å²) < 4.78 is 40.8. The Balaban J connectivity index is 2.55. The first-order chi connectivity index (χ1) is 10.3. The van der Waals surface area contributed by atoms with Gasteiger partial charge in [0.1, 0.15) is 23.0 Å². The van der Waals surface area contributed by atoms with Gasteiger partial charge in [-0.2, -0.15) is 0 Å². The fraction of sp³-hybridized carbons (Fsp3) is 0. The standard InChI is InChI=1S/C14H8ClF3N2O2/c15-8-5-4-7(6-11(8)18)20(14(19)22)13(21)12-9(16)2-1-3-10(12)17/h1-6H,(H2,19,22). The predicted octanol–water partition coefficient (Wildman–Crippen LogP) is 3.48. The highest BCUT2D eigenvalue weighted by Crippen LogP contribution is 2.24. The number of halogens is 4. The number of nitrogens with two attached hydrogens (primary N) is 1. The van der Waals surface area contributed by atoms with Gasteiger partial charge >= 0.3 is 6.03 Å². The first-order valence-electron chi connectivity index (χ1n) is 5.86. The van der Waals surface area contributed by atoms with E-state index in [4.69, 9.17) is 17.3 Å². The SMILES string of the molecule is NC(=O)N(C(=O)c1c(F)cccc1F)c1ccc(Cl)c(F)c1. The maximum Gasteiger partial charge on any atom is 0.326 e. The minimum absolute atomic E-state index is 0.251. The third kappa shape index (κ3) is 2.89. The molecule has 0 aliphatic heterocycles. The number of hydrogen-bond acceptors (Lipinski definition) is 2. The summed E-state index contributed by atoms with van der Waals surface area (Å²) in [6, 6.07) is 4.37. The zero-order valence-electron chi connectivity index (χ0n) is 10.8. The van der Waals surface area contributed by atoms with Gasteiger partial charge in [-0.3, -0.25) is 4.79 Å². The lowest BCUT2D eigenvalue weighted by Crippen LogP contribution is -2.41. The molecule has 0 unspecified atom stereocenters. The second kappa shape index (κ2) is 6.07. The number of anilines is 1. The number of carbonyl (C=O) groups is 2. The van der Waals surface area contributed by atoms with Crippen LogP contribution in [-0.4, -0.2) is 11.9 Å². The summed E-state index contributed by atoms with van der Waals surface area (Å²) in [5.74, 6) is -4.63. The van der Waals surface area contributed by atoms with Crippen LogP contribution in [-0.2, 0) is 0 Å². The molecule has 2 aromatic rings. The number of amides is 3. The van der Waals surface area contributed by atoms with Gasteiger partial charge in [-0.05, 0) is 30.3 Å². The molecular formula is C14H8ClF3N2O2. The normalized spacial score (nSPS) is 10.4. The van der Waals surface area contributed by atoms with E-state index < -0.39 is 35.0 Å². The van der Waals surface area contributed by atoms with Crippen LogP contribution < -0.4 is 10.6 Å². The van der Waals surface area contributed by atoms with Crippen molar-refractivity contribution in [3.05, 3.63) is 64.4 Å². The van der Waals surface area contributed by atoms with E-state index in [0.717, 1.165) is 36.4 Å². The fourth-order valence-electron chi connectivity index (χ4n) is 1.78. The number of rotatable bonds is 2. The van der Waals surface area contributed by atoms with E-state index >= 15 is 0 Å². The molecule has 0 bridgehead atoms. The average Bonchev–Trinajstić information content (AvgIpc) is 2.42. The highest BCUT2D eigenvalue weighted by molar-refractivity contribution is 6.31. The Bertz CT molecular complexity index is 747. The second-order valence-corrected chi connectivity index (χ2v) is 4.58. The van der Waals surface area contributed by atoms with Gasteiger partial charge in [-0.25, -0.2) is 22.9 Å². The smallest absolute Gasteiger partial charge is 0.326 e. The van der Waals surface area contributed by atoms with Crippen molar-refractivity contribution in [1.29, 1.82) is 0 Å². The van der Waals surface area contributed by atoms with Crippen LogP contribution >= 0.6 is 11.6 Å². The lowest BCUT2D eigenvalue weighted by atomic mass is 10.1. The minimum Gasteiger partial charge on any atom is -0.351 e. The zero-order valence-corrected chi connectivity index (χ0v) is 11.6. The topological polar surface area (TPSA) is 63.4 Å². The Hall–Kier alpha value is -2.54. The van der Waals surface area contributed by atoms with E-state index in [9.17, 15) is 22.8 Å². The molecule has 0 saturated carbocycles. The molecule has 8 heteroatoms. The molecule has 4 nitrogen and oxygen atoms in total. The van der Waals surface area contributed by atoms with Gasteiger partial charge in [-0.15, -0.1) is 0 Å². The number of urea groups is 1. The number of benzene rings is 2. The molecule has 2 rings (SSSR count). The van der Waals surface area contributed by atoms with Crippen LogP contribution in [0.1, 0.15) is 10.4 Å². The summed E-state index contributed by atoms with van der Waals surface area (Å²) in [6.07, 6.45) is 0. The molecule has 0 radical (unpaired) electrons. The van der Waals surface area contributed by atoms with Crippen LogP contribution in [0.15, 0.2) is 36.4 Å². The van der Waals surface area contributed by atoms with E-state index in [1.54, 1.807) is 0 Å². The van der Waals surface area contributed by atoms with Crippen molar-refractivity contribution < 1.29 is 22.8 Å². The molecular weight excluding hydrogens is 321 g/mol. The molecule has 0 heterocycles. The van der Waals surface area contributed by atoms with E-state index in [-0.39, 0.29) is 15.6 Å². The van der Waals surface area contributed by atoms with Crippen LogP contribution in [0.3, 0.4) is 0 Å². The summed E-state index contributed by atoms with van der Waals surface area (Å²) in [5.41, 5.74) is 3.78.